The van der Waals surface area contributed by atoms with Gasteiger partial charge in [0.05, 0.1) is 17.0 Å². The Morgan fingerprint density at radius 1 is 0.830 bits per heavy atom. The maximum absolute atomic E-state index is 14.2. The highest BCUT2D eigenvalue weighted by molar-refractivity contribution is 6.13. The van der Waals surface area contributed by atoms with Gasteiger partial charge in [0.2, 0.25) is 17.7 Å². The smallest absolute Gasteiger partial charge is 0.309 e. The van der Waals surface area contributed by atoms with Gasteiger partial charge in [0.15, 0.2) is 0 Å². The number of rotatable bonds is 9. The number of piperidine rings is 1. The van der Waals surface area contributed by atoms with E-state index in [-0.39, 0.29) is 17.8 Å². The fourth-order valence-corrected chi connectivity index (χ4v) is 6.15. The molecule has 47 heavy (non-hydrogen) atoms. The topological polar surface area (TPSA) is 81.2 Å². The summed E-state index contributed by atoms with van der Waals surface area (Å²) in [6, 6.07) is 29.6. The Balaban J connectivity index is 1.26. The van der Waals surface area contributed by atoms with Crippen molar-refractivity contribution in [1.82, 2.24) is 4.98 Å². The standard InChI is InChI=1S/C39H43N3O5/c1-38(2,3)47-36(43)29-20-22-41(23-21-29)30-16-17-32-31(24-30)39(4,5)37(44)42(32)33-18-19-34(45-25-27-12-8-6-9-13-27)40-35(33)46-26-28-14-10-7-11-15-28/h6-19,24,29H,20-23,25-26H2,1-5H3. The van der Waals surface area contributed by atoms with Crippen molar-refractivity contribution in [2.24, 2.45) is 5.92 Å². The minimum atomic E-state index is -0.778. The highest BCUT2D eigenvalue weighted by Crippen LogP contribution is 2.49. The number of pyridine rings is 1. The number of benzene rings is 3. The first-order valence-corrected chi connectivity index (χ1v) is 16.3. The third kappa shape index (κ3) is 7.12. The number of anilines is 3. The van der Waals surface area contributed by atoms with Crippen LogP contribution in [0, 0.1) is 5.92 Å². The lowest BCUT2D eigenvalue weighted by Crippen LogP contribution is -2.39. The number of amides is 1. The minimum Gasteiger partial charge on any atom is -0.473 e. The van der Waals surface area contributed by atoms with Crippen LogP contribution >= 0.6 is 0 Å². The van der Waals surface area contributed by atoms with Crippen LogP contribution in [0.5, 0.6) is 11.8 Å². The second-order valence-corrected chi connectivity index (χ2v) is 13.8. The molecule has 1 fully saturated rings. The van der Waals surface area contributed by atoms with E-state index in [4.69, 9.17) is 19.2 Å². The predicted octanol–water partition coefficient (Wildman–Crippen LogP) is 7.75. The van der Waals surface area contributed by atoms with Crippen LogP contribution in [0.25, 0.3) is 0 Å². The Kier molecular flexibility index (Phi) is 8.95. The maximum atomic E-state index is 14.2. The molecule has 4 aromatic rings. The van der Waals surface area contributed by atoms with Gasteiger partial charge in [-0.3, -0.25) is 14.5 Å². The van der Waals surface area contributed by atoms with Crippen molar-refractivity contribution in [2.45, 2.75) is 71.7 Å². The van der Waals surface area contributed by atoms with Crippen LogP contribution in [0.15, 0.2) is 91.0 Å². The number of esters is 1. The highest BCUT2D eigenvalue weighted by Gasteiger charge is 2.46. The molecule has 8 nitrogen and oxygen atoms in total. The van der Waals surface area contributed by atoms with Gasteiger partial charge in [-0.05, 0) is 88.4 Å². The zero-order valence-corrected chi connectivity index (χ0v) is 27.9. The van der Waals surface area contributed by atoms with Crippen molar-refractivity contribution >= 4 is 28.9 Å². The van der Waals surface area contributed by atoms with E-state index in [9.17, 15) is 9.59 Å². The summed E-state index contributed by atoms with van der Waals surface area (Å²) in [5.74, 6) is 0.456. The van der Waals surface area contributed by atoms with Crippen molar-refractivity contribution in [3.63, 3.8) is 0 Å². The Bertz CT molecular complexity index is 1720. The summed E-state index contributed by atoms with van der Waals surface area (Å²) in [6.45, 7) is 11.8. The first-order valence-electron chi connectivity index (χ1n) is 16.3. The molecule has 0 saturated carbocycles. The molecule has 2 aliphatic rings. The quantitative estimate of drug-likeness (QED) is 0.174. The predicted molar refractivity (Wildman–Crippen MR) is 183 cm³/mol. The van der Waals surface area contributed by atoms with Crippen LogP contribution in [0.1, 0.15) is 64.2 Å². The van der Waals surface area contributed by atoms with Gasteiger partial charge < -0.3 is 19.1 Å². The van der Waals surface area contributed by atoms with Crippen LogP contribution in [-0.2, 0) is 33.0 Å². The van der Waals surface area contributed by atoms with Gasteiger partial charge in [-0.2, -0.15) is 4.98 Å². The van der Waals surface area contributed by atoms with Crippen molar-refractivity contribution < 1.29 is 23.8 Å². The molecule has 1 aromatic heterocycles. The number of carbonyl (C=O) groups is 2. The van der Waals surface area contributed by atoms with Crippen molar-refractivity contribution in [1.29, 1.82) is 0 Å². The Hall–Kier alpha value is -4.85. The minimum absolute atomic E-state index is 0.0578. The summed E-state index contributed by atoms with van der Waals surface area (Å²) < 4.78 is 18.0. The van der Waals surface area contributed by atoms with Crippen molar-refractivity contribution in [3.8, 4) is 11.8 Å². The van der Waals surface area contributed by atoms with Gasteiger partial charge in [-0.25, -0.2) is 0 Å². The van der Waals surface area contributed by atoms with E-state index in [0.29, 0.717) is 30.7 Å². The number of nitrogens with zero attached hydrogens (tertiary/aromatic N) is 3. The van der Waals surface area contributed by atoms with E-state index in [2.05, 4.69) is 17.0 Å². The Morgan fingerprint density at radius 3 is 2.04 bits per heavy atom. The largest absolute Gasteiger partial charge is 0.473 e. The van der Waals surface area contributed by atoms with Gasteiger partial charge in [0.25, 0.3) is 0 Å². The lowest BCUT2D eigenvalue weighted by molar-refractivity contribution is -0.160. The van der Waals surface area contributed by atoms with Crippen molar-refractivity contribution in [3.05, 3.63) is 108 Å². The zero-order valence-electron chi connectivity index (χ0n) is 27.9. The molecule has 0 radical (unpaired) electrons. The molecule has 3 aromatic carbocycles. The molecule has 0 atom stereocenters. The Labute approximate surface area is 277 Å². The normalized spacial score (nSPS) is 16.1. The van der Waals surface area contributed by atoms with Gasteiger partial charge in [0.1, 0.15) is 24.5 Å². The molecule has 6 rings (SSSR count). The molecule has 1 amide bonds. The SMILES string of the molecule is CC(C)(C)OC(=O)C1CCN(c2ccc3c(c2)C(C)(C)C(=O)N3c2ccc(OCc3ccccc3)nc2OCc2ccccc2)CC1. The average Bonchev–Trinajstić information content (AvgIpc) is 3.26. The molecule has 0 N–H and O–H groups in total. The number of carbonyl (C=O) groups excluding carboxylic acids is 2. The molecule has 1 saturated heterocycles. The molecular weight excluding hydrogens is 590 g/mol. The zero-order chi connectivity index (χ0) is 33.2. The van der Waals surface area contributed by atoms with E-state index < -0.39 is 11.0 Å². The van der Waals surface area contributed by atoms with Crippen LogP contribution in [0.3, 0.4) is 0 Å². The van der Waals surface area contributed by atoms with Crippen LogP contribution in [-0.4, -0.2) is 35.6 Å². The van der Waals surface area contributed by atoms with Crippen LogP contribution in [0.2, 0.25) is 0 Å². The molecule has 244 valence electrons. The first kappa shape index (κ1) is 32.1. The van der Waals surface area contributed by atoms with Gasteiger partial charge >= 0.3 is 5.97 Å². The average molecular weight is 634 g/mol. The van der Waals surface area contributed by atoms with E-state index in [1.807, 2.05) is 107 Å². The number of fused-ring (bicyclic) bond motifs is 1. The van der Waals surface area contributed by atoms with Gasteiger partial charge in [-0.1, -0.05) is 60.7 Å². The van der Waals surface area contributed by atoms with Crippen LogP contribution < -0.4 is 19.3 Å². The second-order valence-electron chi connectivity index (χ2n) is 13.8. The number of aromatic nitrogens is 1. The van der Waals surface area contributed by atoms with E-state index in [1.165, 1.54) is 0 Å². The summed E-state index contributed by atoms with van der Waals surface area (Å²) in [6.07, 6.45) is 1.46. The Morgan fingerprint density at radius 2 is 1.43 bits per heavy atom. The van der Waals surface area contributed by atoms with E-state index >= 15 is 0 Å². The number of ether oxygens (including phenoxy) is 3. The number of hydrogen-bond donors (Lipinski definition) is 0. The molecular formula is C39H43N3O5. The maximum Gasteiger partial charge on any atom is 0.309 e. The summed E-state index contributed by atoms with van der Waals surface area (Å²) in [4.78, 5) is 35.6. The third-order valence-electron chi connectivity index (χ3n) is 8.74. The molecule has 0 aliphatic carbocycles. The second kappa shape index (κ2) is 13.1. The summed E-state index contributed by atoms with van der Waals surface area (Å²) in [7, 11) is 0. The van der Waals surface area contributed by atoms with Crippen LogP contribution in [0.4, 0.5) is 17.1 Å². The van der Waals surface area contributed by atoms with Gasteiger partial charge in [-0.15, -0.1) is 0 Å². The molecule has 2 aliphatic heterocycles. The first-order chi connectivity index (χ1) is 22.5. The molecule has 3 heterocycles. The lowest BCUT2D eigenvalue weighted by atomic mass is 9.85. The fourth-order valence-electron chi connectivity index (χ4n) is 6.15. The monoisotopic (exact) mass is 633 g/mol. The lowest BCUT2D eigenvalue weighted by Gasteiger charge is -2.34. The van der Waals surface area contributed by atoms with E-state index in [1.54, 1.807) is 11.0 Å². The third-order valence-corrected chi connectivity index (χ3v) is 8.74. The molecule has 0 bridgehead atoms. The highest BCUT2D eigenvalue weighted by atomic mass is 16.6. The van der Waals surface area contributed by atoms with Crippen molar-refractivity contribution in [2.75, 3.05) is 22.9 Å². The fraction of sp³-hybridized carbons (Fsp3) is 0.359. The number of hydrogen-bond acceptors (Lipinski definition) is 7. The van der Waals surface area contributed by atoms with Gasteiger partial charge in [0, 0.05) is 24.8 Å². The molecule has 0 unspecified atom stereocenters. The summed E-state index contributed by atoms with van der Waals surface area (Å²) in [5.41, 5.74) is 4.09. The summed E-state index contributed by atoms with van der Waals surface area (Å²) >= 11 is 0. The molecule has 0 spiro atoms. The van der Waals surface area contributed by atoms with E-state index in [0.717, 1.165) is 54.0 Å². The summed E-state index contributed by atoms with van der Waals surface area (Å²) in [5, 5.41) is 0. The molecule has 8 heteroatoms.